The molecule has 0 saturated heterocycles. The van der Waals surface area contributed by atoms with Gasteiger partial charge in [-0.3, -0.25) is 0 Å². The molecule has 82 valence electrons. The van der Waals surface area contributed by atoms with Crippen LogP contribution in [0.1, 0.15) is 11.1 Å². The molecule has 0 saturated carbocycles. The maximum Gasteiger partial charge on any atom is 0.0400 e. The molecule has 1 nitrogen and oxygen atoms in total. The topological polar surface area (TPSA) is 12.0 Å². The Morgan fingerprint density at radius 2 is 1.81 bits per heavy atom. The Bertz CT molecular complexity index is 462. The molecule has 0 radical (unpaired) electrons. The van der Waals surface area contributed by atoms with Crippen molar-refractivity contribution in [3.05, 3.63) is 63.2 Å². The van der Waals surface area contributed by atoms with Crippen LogP contribution in [0, 0.1) is 10.5 Å². The second kappa shape index (κ2) is 5.34. The van der Waals surface area contributed by atoms with E-state index in [1.54, 1.807) is 0 Å². The first-order chi connectivity index (χ1) is 7.74. The van der Waals surface area contributed by atoms with E-state index >= 15 is 0 Å². The highest BCUT2D eigenvalue weighted by molar-refractivity contribution is 14.1. The van der Waals surface area contributed by atoms with Gasteiger partial charge in [0.2, 0.25) is 0 Å². The summed E-state index contributed by atoms with van der Waals surface area (Å²) in [4.78, 5) is 0. The van der Waals surface area contributed by atoms with Crippen molar-refractivity contribution in [2.75, 3.05) is 5.32 Å². The van der Waals surface area contributed by atoms with Gasteiger partial charge in [-0.2, -0.15) is 0 Å². The fourth-order valence-corrected chi connectivity index (χ4v) is 1.92. The average Bonchev–Trinajstić information content (AvgIpc) is 2.28. The minimum absolute atomic E-state index is 0.875. The molecule has 0 aliphatic carbocycles. The molecule has 0 unspecified atom stereocenters. The standard InChI is InChI=1S/C14H14IN/c1-11-3-2-4-14(9-11)16-10-12-5-7-13(15)8-6-12/h2-9,16H,10H2,1H3. The molecule has 2 heteroatoms. The van der Waals surface area contributed by atoms with Crippen molar-refractivity contribution in [1.29, 1.82) is 0 Å². The molecule has 0 fully saturated rings. The first-order valence-corrected chi connectivity index (χ1v) is 6.37. The summed E-state index contributed by atoms with van der Waals surface area (Å²) in [7, 11) is 0. The number of aryl methyl sites for hydroxylation is 1. The average molecular weight is 323 g/mol. The Balaban J connectivity index is 1.99. The molecule has 0 spiro atoms. The molecule has 16 heavy (non-hydrogen) atoms. The fraction of sp³-hybridized carbons (Fsp3) is 0.143. The molecule has 0 aromatic heterocycles. The minimum atomic E-state index is 0.875. The zero-order valence-corrected chi connectivity index (χ0v) is 11.4. The molecule has 1 N–H and O–H groups in total. The summed E-state index contributed by atoms with van der Waals surface area (Å²) >= 11 is 2.32. The van der Waals surface area contributed by atoms with Gasteiger partial charge in [0.15, 0.2) is 0 Å². The van der Waals surface area contributed by atoms with Crippen molar-refractivity contribution in [3.63, 3.8) is 0 Å². The van der Waals surface area contributed by atoms with Crippen LogP contribution in [0.25, 0.3) is 0 Å². The zero-order chi connectivity index (χ0) is 11.4. The molecule has 0 bridgehead atoms. The molecule has 2 aromatic rings. The van der Waals surface area contributed by atoms with Crippen molar-refractivity contribution in [3.8, 4) is 0 Å². The normalized spacial score (nSPS) is 10.1. The largest absolute Gasteiger partial charge is 0.381 e. The molecule has 0 atom stereocenters. The second-order valence-electron chi connectivity index (χ2n) is 3.85. The molecular formula is C14H14IN. The van der Waals surface area contributed by atoms with Crippen LogP contribution < -0.4 is 5.32 Å². The Morgan fingerprint density at radius 3 is 2.50 bits per heavy atom. The number of hydrogen-bond acceptors (Lipinski definition) is 1. The Labute approximate surface area is 110 Å². The first kappa shape index (κ1) is 11.5. The van der Waals surface area contributed by atoms with Crippen LogP contribution in [0.15, 0.2) is 48.5 Å². The van der Waals surface area contributed by atoms with E-state index in [4.69, 9.17) is 0 Å². The van der Waals surface area contributed by atoms with Crippen LogP contribution >= 0.6 is 22.6 Å². The summed E-state index contributed by atoms with van der Waals surface area (Å²) < 4.78 is 1.27. The van der Waals surface area contributed by atoms with Crippen molar-refractivity contribution < 1.29 is 0 Å². The van der Waals surface area contributed by atoms with E-state index in [1.807, 2.05) is 0 Å². The van der Waals surface area contributed by atoms with Gasteiger partial charge in [-0.25, -0.2) is 0 Å². The maximum atomic E-state index is 3.42. The summed E-state index contributed by atoms with van der Waals surface area (Å²) in [5.74, 6) is 0. The van der Waals surface area contributed by atoms with Gasteiger partial charge in [-0.05, 0) is 64.9 Å². The highest BCUT2D eigenvalue weighted by Crippen LogP contribution is 2.12. The van der Waals surface area contributed by atoms with E-state index < -0.39 is 0 Å². The molecular weight excluding hydrogens is 309 g/mol. The Hall–Kier alpha value is -1.03. The number of rotatable bonds is 3. The van der Waals surface area contributed by atoms with Gasteiger partial charge in [0.25, 0.3) is 0 Å². The van der Waals surface area contributed by atoms with Gasteiger partial charge in [-0.15, -0.1) is 0 Å². The quantitative estimate of drug-likeness (QED) is 0.834. The van der Waals surface area contributed by atoms with E-state index in [0.29, 0.717) is 0 Å². The molecule has 2 aromatic carbocycles. The fourth-order valence-electron chi connectivity index (χ4n) is 1.56. The van der Waals surface area contributed by atoms with Crippen molar-refractivity contribution in [1.82, 2.24) is 0 Å². The number of halogens is 1. The third kappa shape index (κ3) is 3.23. The minimum Gasteiger partial charge on any atom is -0.381 e. The van der Waals surface area contributed by atoms with Crippen LogP contribution in [0.3, 0.4) is 0 Å². The van der Waals surface area contributed by atoms with E-state index in [-0.39, 0.29) is 0 Å². The van der Waals surface area contributed by atoms with Crippen molar-refractivity contribution >= 4 is 28.3 Å². The van der Waals surface area contributed by atoms with E-state index in [1.165, 1.54) is 20.4 Å². The monoisotopic (exact) mass is 323 g/mol. The summed E-state index contributed by atoms with van der Waals surface area (Å²) in [6.07, 6.45) is 0. The maximum absolute atomic E-state index is 3.42. The summed E-state index contributed by atoms with van der Waals surface area (Å²) in [6, 6.07) is 17.0. The van der Waals surface area contributed by atoms with Crippen LogP contribution in [0.5, 0.6) is 0 Å². The Morgan fingerprint density at radius 1 is 1.06 bits per heavy atom. The van der Waals surface area contributed by atoms with Gasteiger partial charge in [0.05, 0.1) is 0 Å². The van der Waals surface area contributed by atoms with Gasteiger partial charge in [0.1, 0.15) is 0 Å². The van der Waals surface area contributed by atoms with Gasteiger partial charge >= 0.3 is 0 Å². The van der Waals surface area contributed by atoms with Crippen LogP contribution in [0.2, 0.25) is 0 Å². The molecule has 0 aliphatic heterocycles. The van der Waals surface area contributed by atoms with Crippen LogP contribution in [-0.4, -0.2) is 0 Å². The highest BCUT2D eigenvalue weighted by Gasteiger charge is 1.94. The third-order valence-electron chi connectivity index (χ3n) is 2.43. The lowest BCUT2D eigenvalue weighted by Crippen LogP contribution is -1.99. The first-order valence-electron chi connectivity index (χ1n) is 5.29. The van der Waals surface area contributed by atoms with E-state index in [9.17, 15) is 0 Å². The van der Waals surface area contributed by atoms with Crippen molar-refractivity contribution in [2.45, 2.75) is 13.5 Å². The van der Waals surface area contributed by atoms with E-state index in [0.717, 1.165) is 6.54 Å². The van der Waals surface area contributed by atoms with Crippen molar-refractivity contribution in [2.24, 2.45) is 0 Å². The number of nitrogens with one attached hydrogen (secondary N) is 1. The second-order valence-corrected chi connectivity index (χ2v) is 5.10. The van der Waals surface area contributed by atoms with Gasteiger partial charge in [0, 0.05) is 15.8 Å². The molecule has 0 heterocycles. The number of anilines is 1. The summed E-state index contributed by atoms with van der Waals surface area (Å²) in [6.45, 7) is 2.98. The van der Waals surface area contributed by atoms with Gasteiger partial charge < -0.3 is 5.32 Å². The lowest BCUT2D eigenvalue weighted by molar-refractivity contribution is 1.15. The van der Waals surface area contributed by atoms with Crippen LogP contribution in [-0.2, 0) is 6.54 Å². The lowest BCUT2D eigenvalue weighted by atomic mass is 10.2. The predicted molar refractivity (Wildman–Crippen MR) is 77.7 cm³/mol. The van der Waals surface area contributed by atoms with E-state index in [2.05, 4.69) is 83.4 Å². The third-order valence-corrected chi connectivity index (χ3v) is 3.15. The number of hydrogen-bond donors (Lipinski definition) is 1. The molecule has 0 amide bonds. The smallest absolute Gasteiger partial charge is 0.0400 e. The summed E-state index contributed by atoms with van der Waals surface area (Å²) in [5, 5.41) is 3.42. The highest BCUT2D eigenvalue weighted by atomic mass is 127. The predicted octanol–water partition coefficient (Wildman–Crippen LogP) is 4.21. The van der Waals surface area contributed by atoms with Crippen LogP contribution in [0.4, 0.5) is 5.69 Å². The lowest BCUT2D eigenvalue weighted by Gasteiger charge is -2.07. The van der Waals surface area contributed by atoms with Gasteiger partial charge in [-0.1, -0.05) is 24.3 Å². The molecule has 0 aliphatic rings. The number of benzene rings is 2. The Kier molecular flexibility index (Phi) is 3.83. The summed E-state index contributed by atoms with van der Waals surface area (Å²) in [5.41, 5.74) is 3.77. The SMILES string of the molecule is Cc1cccc(NCc2ccc(I)cc2)c1. The molecule has 2 rings (SSSR count). The zero-order valence-electron chi connectivity index (χ0n) is 9.20.